The summed E-state index contributed by atoms with van der Waals surface area (Å²) < 4.78 is 16.3. The molecule has 2 aromatic carbocycles. The molecule has 0 atom stereocenters. The summed E-state index contributed by atoms with van der Waals surface area (Å²) >= 11 is 0. The Labute approximate surface area is 148 Å². The Kier molecular flexibility index (Phi) is 6.95. The molecule has 0 saturated heterocycles. The van der Waals surface area contributed by atoms with Crippen molar-refractivity contribution in [1.82, 2.24) is 0 Å². The van der Waals surface area contributed by atoms with Gasteiger partial charge >= 0.3 is 0 Å². The molecule has 0 heterocycles. The van der Waals surface area contributed by atoms with Crippen molar-refractivity contribution < 1.29 is 19.0 Å². The van der Waals surface area contributed by atoms with Crippen LogP contribution >= 0.6 is 0 Å². The van der Waals surface area contributed by atoms with Crippen molar-refractivity contribution in [3.8, 4) is 17.2 Å². The monoisotopic (exact) mass is 344 g/mol. The molecule has 0 bridgehead atoms. The average Bonchev–Trinajstić information content (AvgIpc) is 2.62. The van der Waals surface area contributed by atoms with E-state index in [1.54, 1.807) is 19.2 Å². The first kappa shape index (κ1) is 18.4. The summed E-state index contributed by atoms with van der Waals surface area (Å²) in [6.07, 6.45) is 0. The fraction of sp³-hybridized carbons (Fsp3) is 0.316. The van der Waals surface area contributed by atoms with Crippen LogP contribution in [0.3, 0.4) is 0 Å². The van der Waals surface area contributed by atoms with Gasteiger partial charge in [-0.05, 0) is 38.1 Å². The van der Waals surface area contributed by atoms with Crippen LogP contribution in [-0.2, 0) is 4.79 Å². The third-order valence-corrected chi connectivity index (χ3v) is 3.38. The van der Waals surface area contributed by atoms with Gasteiger partial charge in [0.15, 0.2) is 0 Å². The highest BCUT2D eigenvalue weighted by Crippen LogP contribution is 2.29. The number of ether oxygens (including phenoxy) is 3. The van der Waals surface area contributed by atoms with Crippen molar-refractivity contribution in [3.05, 3.63) is 42.5 Å². The molecule has 0 aliphatic heterocycles. The maximum Gasteiger partial charge on any atom is 0.243 e. The van der Waals surface area contributed by atoms with Gasteiger partial charge in [-0.25, -0.2) is 0 Å². The smallest absolute Gasteiger partial charge is 0.243 e. The number of para-hydroxylation sites is 2. The van der Waals surface area contributed by atoms with Crippen molar-refractivity contribution in [3.63, 3.8) is 0 Å². The van der Waals surface area contributed by atoms with Crippen LogP contribution in [0.5, 0.6) is 17.2 Å². The van der Waals surface area contributed by atoms with Gasteiger partial charge in [-0.3, -0.25) is 4.79 Å². The predicted molar refractivity (Wildman–Crippen MR) is 98.9 cm³/mol. The summed E-state index contributed by atoms with van der Waals surface area (Å²) in [6, 6.07) is 12.8. The third kappa shape index (κ3) is 5.31. The minimum atomic E-state index is -0.194. The van der Waals surface area contributed by atoms with Crippen LogP contribution in [0, 0.1) is 0 Å². The Morgan fingerprint density at radius 2 is 1.72 bits per heavy atom. The Bertz CT molecular complexity index is 704. The number of hydrogen-bond donors (Lipinski definition) is 2. The number of anilines is 2. The zero-order chi connectivity index (χ0) is 18.1. The van der Waals surface area contributed by atoms with Gasteiger partial charge in [0.2, 0.25) is 5.91 Å². The van der Waals surface area contributed by atoms with Crippen molar-refractivity contribution in [2.24, 2.45) is 0 Å². The minimum Gasteiger partial charge on any atom is -0.495 e. The molecule has 0 radical (unpaired) electrons. The predicted octanol–water partition coefficient (Wildman–Crippen LogP) is 3.54. The van der Waals surface area contributed by atoms with E-state index in [0.29, 0.717) is 36.1 Å². The van der Waals surface area contributed by atoms with Crippen molar-refractivity contribution in [1.29, 1.82) is 0 Å². The lowest BCUT2D eigenvalue weighted by Gasteiger charge is -2.14. The van der Waals surface area contributed by atoms with Crippen molar-refractivity contribution in [2.45, 2.75) is 13.8 Å². The standard InChI is InChI=1S/C19H24N2O4/c1-4-24-14-10-11-18(25-5-2)16(12-14)21-19(22)13-20-15-8-6-7-9-17(15)23-3/h6-12,20H,4-5,13H2,1-3H3,(H,21,22). The zero-order valence-electron chi connectivity index (χ0n) is 14.8. The SMILES string of the molecule is CCOc1ccc(OCC)c(NC(=O)CNc2ccccc2OC)c1. The van der Waals surface area contributed by atoms with Crippen LogP contribution in [0.25, 0.3) is 0 Å². The molecule has 0 aliphatic rings. The maximum absolute atomic E-state index is 12.3. The molecule has 0 saturated carbocycles. The topological polar surface area (TPSA) is 68.8 Å². The first-order chi connectivity index (χ1) is 12.2. The highest BCUT2D eigenvalue weighted by atomic mass is 16.5. The Hall–Kier alpha value is -2.89. The van der Waals surface area contributed by atoms with Crippen LogP contribution in [-0.4, -0.2) is 32.8 Å². The van der Waals surface area contributed by atoms with Gasteiger partial charge in [0.1, 0.15) is 17.2 Å². The van der Waals surface area contributed by atoms with Crippen LogP contribution < -0.4 is 24.8 Å². The van der Waals surface area contributed by atoms with Crippen molar-refractivity contribution in [2.75, 3.05) is 37.5 Å². The lowest BCUT2D eigenvalue weighted by molar-refractivity contribution is -0.114. The fourth-order valence-corrected chi connectivity index (χ4v) is 2.31. The quantitative estimate of drug-likeness (QED) is 0.728. The molecule has 2 N–H and O–H groups in total. The van der Waals surface area contributed by atoms with E-state index in [1.807, 2.05) is 44.2 Å². The minimum absolute atomic E-state index is 0.102. The number of benzene rings is 2. The maximum atomic E-state index is 12.3. The summed E-state index contributed by atoms with van der Waals surface area (Å²) in [7, 11) is 1.59. The summed E-state index contributed by atoms with van der Waals surface area (Å²) in [5.41, 5.74) is 1.34. The molecule has 0 aromatic heterocycles. The van der Waals surface area contributed by atoms with Gasteiger partial charge in [-0.1, -0.05) is 12.1 Å². The van der Waals surface area contributed by atoms with E-state index in [1.165, 1.54) is 0 Å². The van der Waals surface area contributed by atoms with E-state index in [-0.39, 0.29) is 12.5 Å². The lowest BCUT2D eigenvalue weighted by Crippen LogP contribution is -2.22. The molecule has 2 aromatic rings. The van der Waals surface area contributed by atoms with Gasteiger partial charge in [0.05, 0.1) is 38.2 Å². The number of nitrogens with one attached hydrogen (secondary N) is 2. The van der Waals surface area contributed by atoms with Gasteiger partial charge in [-0.15, -0.1) is 0 Å². The molecule has 1 amide bonds. The number of carbonyl (C=O) groups is 1. The zero-order valence-corrected chi connectivity index (χ0v) is 14.8. The molecule has 25 heavy (non-hydrogen) atoms. The average molecular weight is 344 g/mol. The number of rotatable bonds is 9. The van der Waals surface area contributed by atoms with E-state index in [2.05, 4.69) is 10.6 Å². The molecule has 2 rings (SSSR count). The second kappa shape index (κ2) is 9.42. The normalized spacial score (nSPS) is 10.0. The van der Waals surface area contributed by atoms with Crippen LogP contribution in [0.1, 0.15) is 13.8 Å². The van der Waals surface area contributed by atoms with Gasteiger partial charge in [0, 0.05) is 6.07 Å². The molecule has 0 aliphatic carbocycles. The second-order valence-corrected chi connectivity index (χ2v) is 5.13. The van der Waals surface area contributed by atoms with E-state index >= 15 is 0 Å². The number of amides is 1. The molecule has 0 unspecified atom stereocenters. The summed E-state index contributed by atoms with van der Waals surface area (Å²) in [6.45, 7) is 4.97. The first-order valence-corrected chi connectivity index (χ1v) is 8.24. The Morgan fingerprint density at radius 1 is 0.960 bits per heavy atom. The fourth-order valence-electron chi connectivity index (χ4n) is 2.31. The molecule has 6 nitrogen and oxygen atoms in total. The van der Waals surface area contributed by atoms with E-state index in [0.717, 1.165) is 5.69 Å². The lowest BCUT2D eigenvalue weighted by atomic mass is 10.2. The van der Waals surface area contributed by atoms with Crippen LogP contribution in [0.15, 0.2) is 42.5 Å². The van der Waals surface area contributed by atoms with Gasteiger partial charge < -0.3 is 24.8 Å². The molecule has 6 heteroatoms. The van der Waals surface area contributed by atoms with E-state index in [4.69, 9.17) is 14.2 Å². The summed E-state index contributed by atoms with van der Waals surface area (Å²) in [4.78, 5) is 12.3. The number of methoxy groups -OCH3 is 1. The molecular weight excluding hydrogens is 320 g/mol. The van der Waals surface area contributed by atoms with E-state index < -0.39 is 0 Å². The highest BCUT2D eigenvalue weighted by molar-refractivity contribution is 5.95. The van der Waals surface area contributed by atoms with Gasteiger partial charge in [-0.2, -0.15) is 0 Å². The highest BCUT2D eigenvalue weighted by Gasteiger charge is 2.10. The van der Waals surface area contributed by atoms with Crippen LogP contribution in [0.2, 0.25) is 0 Å². The summed E-state index contributed by atoms with van der Waals surface area (Å²) in [5, 5.41) is 5.92. The van der Waals surface area contributed by atoms with Crippen molar-refractivity contribution >= 4 is 17.3 Å². The van der Waals surface area contributed by atoms with Crippen LogP contribution in [0.4, 0.5) is 11.4 Å². The number of carbonyl (C=O) groups excluding carboxylic acids is 1. The first-order valence-electron chi connectivity index (χ1n) is 8.24. The molecule has 0 spiro atoms. The Balaban J connectivity index is 2.04. The van der Waals surface area contributed by atoms with Gasteiger partial charge in [0.25, 0.3) is 0 Å². The third-order valence-electron chi connectivity index (χ3n) is 3.38. The van der Waals surface area contributed by atoms with E-state index in [9.17, 15) is 4.79 Å². The Morgan fingerprint density at radius 3 is 2.44 bits per heavy atom. The molecular formula is C19H24N2O4. The largest absolute Gasteiger partial charge is 0.495 e. The molecule has 134 valence electrons. The second-order valence-electron chi connectivity index (χ2n) is 5.13. The number of hydrogen-bond acceptors (Lipinski definition) is 5. The summed E-state index contributed by atoms with van der Waals surface area (Å²) in [5.74, 6) is 1.78. The molecule has 0 fully saturated rings.